The van der Waals surface area contributed by atoms with Crippen LogP contribution >= 0.6 is 0 Å². The summed E-state index contributed by atoms with van der Waals surface area (Å²) in [6, 6.07) is -1.18. The Morgan fingerprint density at radius 1 is 1.12 bits per heavy atom. The summed E-state index contributed by atoms with van der Waals surface area (Å²) < 4.78 is 27.9. The van der Waals surface area contributed by atoms with Crippen LogP contribution in [0.25, 0.3) is 0 Å². The molecule has 0 aliphatic carbocycles. The first kappa shape index (κ1) is 16.3. The third kappa shape index (κ3) is 6.60. The van der Waals surface area contributed by atoms with Gasteiger partial charge in [0.1, 0.15) is 6.04 Å². The van der Waals surface area contributed by atoms with Crippen LogP contribution in [0.4, 0.5) is 0 Å². The second-order valence-electron chi connectivity index (χ2n) is 6.11. The lowest BCUT2D eigenvalue weighted by Crippen LogP contribution is -2.55. The van der Waals surface area contributed by atoms with Gasteiger partial charge in [-0.1, -0.05) is 20.8 Å². The third-order valence-corrected chi connectivity index (χ3v) is 3.25. The van der Waals surface area contributed by atoms with Gasteiger partial charge in [-0.15, -0.1) is 0 Å². The highest BCUT2D eigenvalue weighted by atomic mass is 32.2. The van der Waals surface area contributed by atoms with Crippen molar-refractivity contribution in [3.63, 3.8) is 0 Å². The summed E-state index contributed by atoms with van der Waals surface area (Å²) in [4.78, 5) is 11.0. The molecule has 0 heterocycles. The third-order valence-electron chi connectivity index (χ3n) is 1.83. The van der Waals surface area contributed by atoms with E-state index in [4.69, 9.17) is 5.11 Å². The Morgan fingerprint density at radius 3 is 1.76 bits per heavy atom. The van der Waals surface area contributed by atoms with E-state index in [2.05, 4.69) is 9.44 Å². The van der Waals surface area contributed by atoms with E-state index < -0.39 is 33.2 Å². The summed E-state index contributed by atoms with van der Waals surface area (Å²) >= 11 is 0. The van der Waals surface area contributed by atoms with Crippen LogP contribution in [0, 0.1) is 5.41 Å². The Kier molecular flexibility index (Phi) is 4.72. The van der Waals surface area contributed by atoms with Crippen molar-refractivity contribution in [2.75, 3.05) is 0 Å². The minimum Gasteiger partial charge on any atom is -0.480 e. The van der Waals surface area contributed by atoms with Gasteiger partial charge in [0.25, 0.3) is 10.2 Å². The maximum atomic E-state index is 11.7. The Balaban J connectivity index is 4.97. The molecule has 0 saturated heterocycles. The quantitative estimate of drug-likeness (QED) is 0.698. The summed E-state index contributed by atoms with van der Waals surface area (Å²) in [5.41, 5.74) is -1.37. The Bertz CT molecular complexity index is 376. The van der Waals surface area contributed by atoms with Gasteiger partial charge in [-0.3, -0.25) is 4.79 Å². The van der Waals surface area contributed by atoms with E-state index in [1.54, 1.807) is 41.5 Å². The van der Waals surface area contributed by atoms with Crippen LogP contribution < -0.4 is 9.44 Å². The highest BCUT2D eigenvalue weighted by Gasteiger charge is 2.35. The lowest BCUT2D eigenvalue weighted by atomic mass is 9.88. The van der Waals surface area contributed by atoms with Crippen molar-refractivity contribution in [2.24, 2.45) is 5.41 Å². The zero-order valence-corrected chi connectivity index (χ0v) is 12.0. The van der Waals surface area contributed by atoms with Gasteiger partial charge < -0.3 is 5.11 Å². The van der Waals surface area contributed by atoms with Gasteiger partial charge in [-0.25, -0.2) is 0 Å². The standard InChI is InChI=1S/C10H22N2O4S/c1-9(2,3)7(8(13)14)11-17(15,16)12-10(4,5)6/h7,11-12H,1-6H3,(H,13,14)/t7-/m0/s1. The molecule has 6 nitrogen and oxygen atoms in total. The monoisotopic (exact) mass is 266 g/mol. The van der Waals surface area contributed by atoms with E-state index in [1.807, 2.05) is 0 Å². The Hall–Kier alpha value is -0.660. The molecule has 0 radical (unpaired) electrons. The van der Waals surface area contributed by atoms with Crippen molar-refractivity contribution < 1.29 is 18.3 Å². The number of rotatable bonds is 4. The molecule has 0 bridgehead atoms. The fourth-order valence-electron chi connectivity index (χ4n) is 1.19. The number of carboxylic acids is 1. The van der Waals surface area contributed by atoms with Crippen molar-refractivity contribution in [3.8, 4) is 0 Å². The lowest BCUT2D eigenvalue weighted by Gasteiger charge is -2.29. The first-order chi connectivity index (χ1) is 7.25. The smallest absolute Gasteiger partial charge is 0.322 e. The maximum absolute atomic E-state index is 11.7. The normalized spacial score (nSPS) is 15.6. The number of carboxylic acid groups (broad SMARTS) is 1. The van der Waals surface area contributed by atoms with Crippen molar-refractivity contribution in [1.82, 2.24) is 9.44 Å². The molecule has 0 spiro atoms. The van der Waals surface area contributed by atoms with Gasteiger partial charge in [0.05, 0.1) is 0 Å². The molecule has 7 heteroatoms. The van der Waals surface area contributed by atoms with E-state index in [9.17, 15) is 13.2 Å². The van der Waals surface area contributed by atoms with Crippen molar-refractivity contribution >= 4 is 16.2 Å². The van der Waals surface area contributed by atoms with Gasteiger partial charge in [0.2, 0.25) is 0 Å². The summed E-state index contributed by atoms with van der Waals surface area (Å²) in [6.07, 6.45) is 0. The molecule has 0 amide bonds. The Labute approximate surface area is 103 Å². The van der Waals surface area contributed by atoms with E-state index in [1.165, 1.54) is 0 Å². The van der Waals surface area contributed by atoms with Gasteiger partial charge in [-0.05, 0) is 26.2 Å². The number of nitrogens with one attached hydrogen (secondary N) is 2. The Morgan fingerprint density at radius 2 is 1.53 bits per heavy atom. The fourth-order valence-corrected chi connectivity index (χ4v) is 2.82. The molecule has 0 rings (SSSR count). The topological polar surface area (TPSA) is 95.5 Å². The van der Waals surface area contributed by atoms with Crippen LogP contribution in [-0.2, 0) is 15.0 Å². The average Bonchev–Trinajstić information content (AvgIpc) is 1.92. The SMILES string of the molecule is CC(C)(C)NS(=O)(=O)N[C@@H](C(=O)O)C(C)(C)C. The van der Waals surface area contributed by atoms with E-state index in [0.717, 1.165) is 0 Å². The minimum atomic E-state index is -3.85. The predicted molar refractivity (Wildman–Crippen MR) is 65.8 cm³/mol. The van der Waals surface area contributed by atoms with Gasteiger partial charge in [0, 0.05) is 5.54 Å². The second kappa shape index (κ2) is 4.91. The molecule has 0 aliphatic heterocycles. The largest absolute Gasteiger partial charge is 0.480 e. The molecular formula is C10H22N2O4S. The molecule has 3 N–H and O–H groups in total. The van der Waals surface area contributed by atoms with Crippen molar-refractivity contribution in [1.29, 1.82) is 0 Å². The molecule has 0 aromatic heterocycles. The van der Waals surface area contributed by atoms with E-state index >= 15 is 0 Å². The molecule has 0 aromatic carbocycles. The average molecular weight is 266 g/mol. The lowest BCUT2D eigenvalue weighted by molar-refractivity contribution is -0.141. The van der Waals surface area contributed by atoms with Crippen LogP contribution in [0.2, 0.25) is 0 Å². The molecule has 17 heavy (non-hydrogen) atoms. The number of hydrogen-bond acceptors (Lipinski definition) is 3. The molecule has 102 valence electrons. The van der Waals surface area contributed by atoms with Crippen LogP contribution in [0.3, 0.4) is 0 Å². The van der Waals surface area contributed by atoms with Crippen LogP contribution in [0.5, 0.6) is 0 Å². The molecule has 0 aliphatic rings. The van der Waals surface area contributed by atoms with Crippen molar-refractivity contribution in [3.05, 3.63) is 0 Å². The molecule has 0 fully saturated rings. The first-order valence-electron chi connectivity index (χ1n) is 5.29. The van der Waals surface area contributed by atoms with Gasteiger partial charge >= 0.3 is 5.97 Å². The zero-order chi connectivity index (χ0) is 14.1. The van der Waals surface area contributed by atoms with Crippen molar-refractivity contribution in [2.45, 2.75) is 53.1 Å². The number of carbonyl (C=O) groups is 1. The second-order valence-corrected chi connectivity index (χ2v) is 7.56. The highest BCUT2D eigenvalue weighted by molar-refractivity contribution is 7.87. The molecular weight excluding hydrogens is 244 g/mol. The summed E-state index contributed by atoms with van der Waals surface area (Å²) in [5.74, 6) is -1.20. The van der Waals surface area contributed by atoms with E-state index in [0.29, 0.717) is 0 Å². The predicted octanol–water partition coefficient (Wildman–Crippen LogP) is 0.708. The highest BCUT2D eigenvalue weighted by Crippen LogP contribution is 2.20. The zero-order valence-electron chi connectivity index (χ0n) is 11.2. The van der Waals surface area contributed by atoms with E-state index in [-0.39, 0.29) is 0 Å². The fraction of sp³-hybridized carbons (Fsp3) is 0.900. The van der Waals surface area contributed by atoms with Crippen LogP contribution in [0.1, 0.15) is 41.5 Å². The summed E-state index contributed by atoms with van der Waals surface area (Å²) in [7, 11) is -3.85. The first-order valence-corrected chi connectivity index (χ1v) is 6.77. The molecule has 0 unspecified atom stereocenters. The summed E-state index contributed by atoms with van der Waals surface area (Å²) in [5, 5.41) is 9.02. The summed E-state index contributed by atoms with van der Waals surface area (Å²) in [6.45, 7) is 10.0. The number of aliphatic carboxylic acids is 1. The number of hydrogen-bond donors (Lipinski definition) is 3. The molecule has 1 atom stereocenters. The maximum Gasteiger partial charge on any atom is 0.322 e. The van der Waals surface area contributed by atoms with Gasteiger partial charge in [-0.2, -0.15) is 17.9 Å². The minimum absolute atomic E-state index is 0.660. The van der Waals surface area contributed by atoms with Crippen LogP contribution in [-0.4, -0.2) is 31.1 Å². The van der Waals surface area contributed by atoms with Gasteiger partial charge in [0.15, 0.2) is 0 Å². The molecule has 0 saturated carbocycles. The van der Waals surface area contributed by atoms with Crippen LogP contribution in [0.15, 0.2) is 0 Å². The molecule has 0 aromatic rings.